The number of pyridine rings is 1. The van der Waals surface area contributed by atoms with Gasteiger partial charge in [0.05, 0.1) is 18.8 Å². The van der Waals surface area contributed by atoms with Crippen LogP contribution >= 0.6 is 0 Å². The number of aliphatic imine (C=N–C) groups is 1. The van der Waals surface area contributed by atoms with Gasteiger partial charge in [-0.1, -0.05) is 13.0 Å². The van der Waals surface area contributed by atoms with Gasteiger partial charge < -0.3 is 20.1 Å². The monoisotopic (exact) mass is 408 g/mol. The second kappa shape index (κ2) is 10.8. The Balaban J connectivity index is 1.58. The van der Waals surface area contributed by atoms with Crippen molar-refractivity contribution in [3.8, 4) is 17.4 Å². The topological polar surface area (TPSA) is 85.6 Å². The van der Waals surface area contributed by atoms with Crippen LogP contribution < -0.4 is 20.1 Å². The zero-order chi connectivity index (χ0) is 21.2. The Morgan fingerprint density at radius 1 is 1.03 bits per heavy atom. The van der Waals surface area contributed by atoms with Crippen LogP contribution in [0.2, 0.25) is 0 Å². The third-order valence-electron chi connectivity index (χ3n) is 4.39. The zero-order valence-corrected chi connectivity index (χ0v) is 17.6. The molecular weight excluding hydrogens is 380 g/mol. The number of guanidine groups is 1. The molecule has 0 bridgehead atoms. The Labute approximate surface area is 177 Å². The van der Waals surface area contributed by atoms with Crippen molar-refractivity contribution in [1.29, 1.82) is 0 Å². The Hall–Kier alpha value is -3.55. The molecule has 0 aliphatic heterocycles. The van der Waals surface area contributed by atoms with Crippen molar-refractivity contribution in [3.63, 3.8) is 0 Å². The molecule has 0 fully saturated rings. The summed E-state index contributed by atoms with van der Waals surface area (Å²) in [4.78, 5) is 8.65. The first-order valence-electron chi connectivity index (χ1n) is 9.95. The summed E-state index contributed by atoms with van der Waals surface area (Å²) in [7, 11) is 3.65. The largest absolute Gasteiger partial charge is 0.494 e. The van der Waals surface area contributed by atoms with E-state index in [1.54, 1.807) is 19.4 Å². The minimum Gasteiger partial charge on any atom is -0.494 e. The minimum absolute atomic E-state index is 0.520. The number of ether oxygens (including phenoxy) is 2. The van der Waals surface area contributed by atoms with E-state index in [2.05, 4.69) is 32.6 Å². The van der Waals surface area contributed by atoms with Crippen LogP contribution in [-0.2, 0) is 20.1 Å². The smallest absolute Gasteiger partial charge is 0.224 e. The number of nitrogens with one attached hydrogen (secondary N) is 2. The zero-order valence-electron chi connectivity index (χ0n) is 17.6. The van der Waals surface area contributed by atoms with Crippen LogP contribution in [0.15, 0.2) is 59.9 Å². The number of benzene rings is 1. The third-order valence-corrected chi connectivity index (χ3v) is 4.39. The number of hydrogen-bond acceptors (Lipinski definition) is 5. The lowest BCUT2D eigenvalue weighted by molar-refractivity contribution is 0.317. The summed E-state index contributed by atoms with van der Waals surface area (Å²) in [5.41, 5.74) is 1.99. The number of hydrogen-bond donors (Lipinski definition) is 2. The summed E-state index contributed by atoms with van der Waals surface area (Å²) in [6.45, 7) is 3.92. The highest BCUT2D eigenvalue weighted by molar-refractivity contribution is 5.79. The molecule has 0 saturated carbocycles. The maximum absolute atomic E-state index is 5.99. The maximum atomic E-state index is 5.99. The van der Waals surface area contributed by atoms with Crippen LogP contribution in [0, 0.1) is 0 Å². The molecule has 3 rings (SSSR count). The van der Waals surface area contributed by atoms with Crippen molar-refractivity contribution in [2.24, 2.45) is 12.0 Å². The number of aromatic nitrogens is 3. The van der Waals surface area contributed by atoms with Crippen molar-refractivity contribution < 1.29 is 9.47 Å². The van der Waals surface area contributed by atoms with Gasteiger partial charge in [-0.3, -0.25) is 9.67 Å². The van der Waals surface area contributed by atoms with Gasteiger partial charge in [-0.05, 0) is 42.8 Å². The van der Waals surface area contributed by atoms with Gasteiger partial charge in [-0.2, -0.15) is 5.10 Å². The van der Waals surface area contributed by atoms with Gasteiger partial charge in [0, 0.05) is 38.6 Å². The van der Waals surface area contributed by atoms with E-state index >= 15 is 0 Å². The van der Waals surface area contributed by atoms with E-state index in [0.29, 0.717) is 37.3 Å². The highest BCUT2D eigenvalue weighted by atomic mass is 16.5. The molecule has 0 radical (unpaired) electrons. The van der Waals surface area contributed by atoms with Crippen LogP contribution in [0.3, 0.4) is 0 Å². The number of rotatable bonds is 9. The molecule has 30 heavy (non-hydrogen) atoms. The molecule has 0 amide bonds. The second-order valence-electron chi connectivity index (χ2n) is 6.62. The van der Waals surface area contributed by atoms with Gasteiger partial charge in [0.2, 0.25) is 5.88 Å². The van der Waals surface area contributed by atoms with Gasteiger partial charge in [0.1, 0.15) is 11.5 Å². The molecule has 8 nitrogen and oxygen atoms in total. The Bertz CT molecular complexity index is 952. The fourth-order valence-corrected chi connectivity index (χ4v) is 2.73. The van der Waals surface area contributed by atoms with E-state index < -0.39 is 0 Å². The summed E-state index contributed by atoms with van der Waals surface area (Å²) in [6, 6.07) is 13.4. The first kappa shape index (κ1) is 21.2. The average Bonchev–Trinajstić information content (AvgIpc) is 3.19. The van der Waals surface area contributed by atoms with Gasteiger partial charge in [0.15, 0.2) is 5.96 Å². The van der Waals surface area contributed by atoms with Gasteiger partial charge in [-0.15, -0.1) is 0 Å². The molecular formula is C22H28N6O2. The highest BCUT2D eigenvalue weighted by Crippen LogP contribution is 2.25. The van der Waals surface area contributed by atoms with Crippen molar-refractivity contribution in [1.82, 2.24) is 25.4 Å². The molecule has 2 heterocycles. The van der Waals surface area contributed by atoms with Crippen LogP contribution in [0.25, 0.3) is 0 Å². The summed E-state index contributed by atoms with van der Waals surface area (Å²) in [6.07, 6.45) is 4.46. The average molecular weight is 409 g/mol. The normalized spacial score (nSPS) is 11.2. The number of aryl methyl sites for hydroxylation is 1. The molecule has 0 aliphatic rings. The van der Waals surface area contributed by atoms with Crippen molar-refractivity contribution in [2.45, 2.75) is 26.4 Å². The molecule has 1 aromatic carbocycles. The Morgan fingerprint density at radius 2 is 1.80 bits per heavy atom. The van der Waals surface area contributed by atoms with E-state index in [4.69, 9.17) is 9.47 Å². The fourth-order valence-electron chi connectivity index (χ4n) is 2.73. The molecule has 0 atom stereocenters. The summed E-state index contributed by atoms with van der Waals surface area (Å²) >= 11 is 0. The number of nitrogens with zero attached hydrogens (tertiary/aromatic N) is 4. The van der Waals surface area contributed by atoms with E-state index in [9.17, 15) is 0 Å². The molecule has 0 unspecified atom stereocenters. The van der Waals surface area contributed by atoms with E-state index in [1.807, 2.05) is 54.2 Å². The van der Waals surface area contributed by atoms with Crippen LogP contribution in [0.1, 0.15) is 24.6 Å². The van der Waals surface area contributed by atoms with E-state index in [-0.39, 0.29) is 0 Å². The van der Waals surface area contributed by atoms with Crippen molar-refractivity contribution in [2.75, 3.05) is 13.7 Å². The first-order valence-corrected chi connectivity index (χ1v) is 9.95. The molecule has 0 saturated heterocycles. The lowest BCUT2D eigenvalue weighted by Gasteiger charge is -2.14. The molecule has 0 aliphatic carbocycles. The quantitative estimate of drug-likeness (QED) is 0.418. The third kappa shape index (κ3) is 5.97. The van der Waals surface area contributed by atoms with Gasteiger partial charge in [-0.25, -0.2) is 4.98 Å². The lowest BCUT2D eigenvalue weighted by atomic mass is 10.2. The maximum Gasteiger partial charge on any atom is 0.224 e. The molecule has 2 N–H and O–H groups in total. The lowest BCUT2D eigenvalue weighted by Crippen LogP contribution is -2.36. The molecule has 158 valence electrons. The van der Waals surface area contributed by atoms with Crippen LogP contribution in [0.5, 0.6) is 17.4 Å². The molecule has 2 aromatic heterocycles. The summed E-state index contributed by atoms with van der Waals surface area (Å²) < 4.78 is 13.4. The predicted molar refractivity (Wildman–Crippen MR) is 117 cm³/mol. The second-order valence-corrected chi connectivity index (χ2v) is 6.62. The highest BCUT2D eigenvalue weighted by Gasteiger charge is 2.08. The summed E-state index contributed by atoms with van der Waals surface area (Å²) in [5, 5.41) is 10.7. The molecule has 0 spiro atoms. The van der Waals surface area contributed by atoms with E-state index in [1.165, 1.54) is 0 Å². The standard InChI is InChI=1S/C22H28N6O2/c1-4-14-29-19-7-9-20(10-8-19)30-21-17(6-5-12-24-21)15-25-22(23-2)26-16-18-11-13-27-28(18)3/h5-13H,4,14-16H2,1-3H3,(H2,23,25,26). The first-order chi connectivity index (χ1) is 14.7. The summed E-state index contributed by atoms with van der Waals surface area (Å²) in [5.74, 6) is 2.77. The van der Waals surface area contributed by atoms with Gasteiger partial charge >= 0.3 is 0 Å². The SMILES string of the molecule is CCCOc1ccc(Oc2ncccc2CNC(=NC)NCc2ccnn2C)cc1. The van der Waals surface area contributed by atoms with Crippen LogP contribution in [0.4, 0.5) is 0 Å². The van der Waals surface area contributed by atoms with Crippen molar-refractivity contribution >= 4 is 5.96 Å². The Morgan fingerprint density at radius 3 is 2.50 bits per heavy atom. The minimum atomic E-state index is 0.520. The van der Waals surface area contributed by atoms with Crippen molar-refractivity contribution in [3.05, 3.63) is 66.1 Å². The Kier molecular flexibility index (Phi) is 7.65. The van der Waals surface area contributed by atoms with E-state index in [0.717, 1.165) is 23.4 Å². The fraction of sp³-hybridized carbons (Fsp3) is 0.318. The van der Waals surface area contributed by atoms with Gasteiger partial charge in [0.25, 0.3) is 0 Å². The molecule has 8 heteroatoms. The van der Waals surface area contributed by atoms with Crippen LogP contribution in [-0.4, -0.2) is 34.4 Å². The predicted octanol–water partition coefficient (Wildman–Crippen LogP) is 3.26. The molecule has 3 aromatic rings.